The fourth-order valence-electron chi connectivity index (χ4n) is 9.63. The lowest BCUT2D eigenvalue weighted by atomic mass is 10.0. The number of anilines is 1. The van der Waals surface area contributed by atoms with Gasteiger partial charge in [0.25, 0.3) is 0 Å². The minimum Gasteiger partial charge on any atom is -0.391 e. The molecule has 3 rings (SSSR count). The molecule has 0 saturated carbocycles. The standard InChI is InChI=1S/C55H93N19O12S/c1-32(2)29-40(72-87(85,86)43-23-11-15-34-35(43)16-10-21-41(34)73(4)5)53(84)74-28-14-22-42(74)51(82)70-38(18-7-9-25-57)50(81)71-46(33(3)75)52(83)66-30-44(76)65-31-45(77)67-37(17-6-8-24-56)48(79)69-39(20-13-27-64-55(61)62)49(80)68-36(47(58)78)19-12-26-63-54(59)60/h10-11,15-16,21,23,32-33,36-40,42,46,72,75H,6-9,12-14,17-20,22,24-31,56-57H2,1-5H3,(H2,58,78)(H,65,76)(H,66,83)(H,67,77)(H,68,80)(H,69,79)(H,70,82)(H,71,81)(H4,59,60,63)(H4,61,62,64)/t33-,36+,37+,38+,39+,40+,42+,46+/m1/s1. The van der Waals surface area contributed by atoms with E-state index in [1.165, 1.54) is 17.9 Å². The first-order chi connectivity index (χ1) is 41.1. The third kappa shape index (κ3) is 24.8. The minimum absolute atomic E-state index is 0.0172. The summed E-state index contributed by atoms with van der Waals surface area (Å²) in [6.45, 7) is 4.28. The van der Waals surface area contributed by atoms with Crippen molar-refractivity contribution in [3.05, 3.63) is 36.4 Å². The normalized spacial score (nSPS) is 15.5. The highest BCUT2D eigenvalue weighted by Crippen LogP contribution is 2.31. The second-order valence-corrected chi connectivity index (χ2v) is 23.6. The van der Waals surface area contributed by atoms with Gasteiger partial charge in [-0.3, -0.25) is 53.1 Å². The van der Waals surface area contributed by atoms with Crippen molar-refractivity contribution in [3.63, 3.8) is 0 Å². The maximum absolute atomic E-state index is 14.5. The molecule has 1 heterocycles. The summed E-state index contributed by atoms with van der Waals surface area (Å²) >= 11 is 0. The van der Waals surface area contributed by atoms with Gasteiger partial charge in [0.2, 0.25) is 63.2 Å². The van der Waals surface area contributed by atoms with Crippen LogP contribution in [0.2, 0.25) is 0 Å². The second kappa shape index (κ2) is 36.9. The van der Waals surface area contributed by atoms with E-state index in [1.807, 2.05) is 45.0 Å². The first-order valence-corrected chi connectivity index (χ1v) is 30.7. The zero-order valence-corrected chi connectivity index (χ0v) is 51.3. The first-order valence-electron chi connectivity index (χ1n) is 29.2. The van der Waals surface area contributed by atoms with E-state index < -0.39 is 125 Å². The van der Waals surface area contributed by atoms with Gasteiger partial charge in [-0.25, -0.2) is 8.42 Å². The lowest BCUT2D eigenvalue weighted by Gasteiger charge is -2.31. The Kier molecular flexibility index (Phi) is 31.1. The zero-order valence-electron chi connectivity index (χ0n) is 50.5. The number of likely N-dealkylation sites (tertiary alicyclic amines) is 1. The third-order valence-corrected chi connectivity index (χ3v) is 15.6. The summed E-state index contributed by atoms with van der Waals surface area (Å²) in [6, 6.07) is 1.16. The largest absolute Gasteiger partial charge is 0.391 e. The van der Waals surface area contributed by atoms with E-state index in [9.17, 15) is 56.7 Å². The number of primary amides is 1. The molecule has 2 aromatic carbocycles. The summed E-state index contributed by atoms with van der Waals surface area (Å²) in [6.07, 6.45) is 1.32. The van der Waals surface area contributed by atoms with E-state index in [2.05, 4.69) is 51.9 Å². The van der Waals surface area contributed by atoms with Crippen molar-refractivity contribution < 1.29 is 56.7 Å². The summed E-state index contributed by atoms with van der Waals surface area (Å²) in [4.78, 5) is 133. The number of unbranched alkanes of at least 4 members (excludes halogenated alkanes) is 2. The summed E-state index contributed by atoms with van der Waals surface area (Å²) in [5, 5.41) is 29.3. The fourth-order valence-corrected chi connectivity index (χ4v) is 11.1. The predicted octanol–water partition coefficient (Wildman–Crippen LogP) is -4.52. The van der Waals surface area contributed by atoms with Crippen LogP contribution in [0.15, 0.2) is 51.3 Å². The van der Waals surface area contributed by atoms with Gasteiger partial charge in [-0.2, -0.15) is 4.72 Å². The number of nitrogens with zero attached hydrogens (tertiary/aromatic N) is 4. The van der Waals surface area contributed by atoms with Gasteiger partial charge >= 0.3 is 0 Å². The van der Waals surface area contributed by atoms with Crippen LogP contribution in [0.3, 0.4) is 0 Å². The zero-order chi connectivity index (χ0) is 65.0. The number of aliphatic hydroxyl groups excluding tert-OH is 1. The molecule has 1 aliphatic rings. The number of hydrogen-bond donors (Lipinski definition) is 16. The number of carbonyl (C=O) groups is 9. The number of amides is 9. The molecule has 2 aromatic rings. The van der Waals surface area contributed by atoms with Gasteiger partial charge in [0.1, 0.15) is 42.3 Å². The molecular formula is C55H93N19O12S. The van der Waals surface area contributed by atoms with Crippen molar-refractivity contribution in [2.45, 2.75) is 158 Å². The Labute approximate surface area is 508 Å². The predicted molar refractivity (Wildman–Crippen MR) is 329 cm³/mol. The minimum atomic E-state index is -4.32. The average molecular weight is 1240 g/mol. The van der Waals surface area contributed by atoms with Crippen LogP contribution in [0.4, 0.5) is 5.69 Å². The Morgan fingerprint density at radius 3 is 1.70 bits per heavy atom. The molecule has 9 amide bonds. The van der Waals surface area contributed by atoms with Gasteiger partial charge in [0, 0.05) is 50.2 Å². The smallest absolute Gasteiger partial charge is 0.245 e. The van der Waals surface area contributed by atoms with Gasteiger partial charge in [-0.15, -0.1) is 0 Å². The van der Waals surface area contributed by atoms with Crippen molar-refractivity contribution in [2.24, 2.45) is 56.0 Å². The van der Waals surface area contributed by atoms with Crippen LogP contribution < -0.4 is 87.0 Å². The topological polar surface area (TPSA) is 518 Å². The van der Waals surface area contributed by atoms with Crippen molar-refractivity contribution in [2.75, 3.05) is 64.8 Å². The highest BCUT2D eigenvalue weighted by Gasteiger charge is 2.41. The molecule has 0 aromatic heterocycles. The molecule has 1 saturated heterocycles. The average Bonchev–Trinajstić information content (AvgIpc) is 1.55. The lowest BCUT2D eigenvalue weighted by Crippen LogP contribution is -2.60. The molecular weight excluding hydrogens is 1150 g/mol. The SMILES string of the molecule is CC(C)C[C@H](NS(=O)(=O)c1cccc2c(N(C)C)cccc12)C(=O)N1CCC[C@H]1C(=O)N[C@@H](CCCCN)C(=O)N[C@H](C(=O)NCC(=O)NCC(=O)N[C@@H](CCCCN)C(=O)N[C@@H](CCCN=C(N)N)C(=O)N[C@@H](CCCN=C(N)N)C(N)=O)[C@@H](C)O. The van der Waals surface area contributed by atoms with E-state index in [-0.39, 0.29) is 107 Å². The fraction of sp³-hybridized carbons (Fsp3) is 0.618. The number of fused-ring (bicyclic) bond motifs is 1. The Morgan fingerprint density at radius 1 is 0.632 bits per heavy atom. The second-order valence-electron chi connectivity index (χ2n) is 21.9. The molecule has 8 atom stereocenters. The number of nitrogens with two attached hydrogens (primary N) is 7. The number of aliphatic imine (C=N–C) groups is 2. The summed E-state index contributed by atoms with van der Waals surface area (Å²) in [5.74, 6) is -7.92. The Morgan fingerprint density at radius 2 is 1.15 bits per heavy atom. The number of sulfonamides is 1. The monoisotopic (exact) mass is 1240 g/mol. The highest BCUT2D eigenvalue weighted by molar-refractivity contribution is 7.89. The van der Waals surface area contributed by atoms with Gasteiger partial charge in [-0.1, -0.05) is 38.1 Å². The van der Waals surface area contributed by atoms with Crippen LogP contribution in [0, 0.1) is 5.92 Å². The van der Waals surface area contributed by atoms with E-state index in [1.54, 1.807) is 18.2 Å². The molecule has 0 spiro atoms. The van der Waals surface area contributed by atoms with Gasteiger partial charge in [0.05, 0.1) is 24.1 Å². The van der Waals surface area contributed by atoms with Crippen molar-refractivity contribution >= 4 is 91.6 Å². The van der Waals surface area contributed by atoms with Gasteiger partial charge in [0.15, 0.2) is 11.9 Å². The molecule has 0 radical (unpaired) electrons. The molecule has 486 valence electrons. The molecule has 32 heteroatoms. The van der Waals surface area contributed by atoms with Crippen LogP contribution in [0.25, 0.3) is 10.8 Å². The molecule has 1 aliphatic heterocycles. The van der Waals surface area contributed by atoms with Crippen LogP contribution in [0.5, 0.6) is 0 Å². The summed E-state index contributed by atoms with van der Waals surface area (Å²) in [5.41, 5.74) is 39.4. The Balaban J connectivity index is 1.70. The van der Waals surface area contributed by atoms with E-state index in [4.69, 9.17) is 40.1 Å². The first kappa shape index (κ1) is 73.3. The molecule has 31 nitrogen and oxygen atoms in total. The maximum Gasteiger partial charge on any atom is 0.245 e. The summed E-state index contributed by atoms with van der Waals surface area (Å²) in [7, 11) is -0.632. The van der Waals surface area contributed by atoms with Crippen molar-refractivity contribution in [1.82, 2.24) is 46.8 Å². The lowest BCUT2D eigenvalue weighted by molar-refractivity contribution is -0.141. The number of hydrogen-bond acceptors (Lipinski definition) is 17. The molecule has 23 N–H and O–H groups in total. The molecule has 87 heavy (non-hydrogen) atoms. The Hall–Kier alpha value is -7.94. The molecule has 1 fully saturated rings. The van der Waals surface area contributed by atoms with Gasteiger partial charge in [-0.05, 0) is 122 Å². The third-order valence-electron chi connectivity index (χ3n) is 14.1. The van der Waals surface area contributed by atoms with Gasteiger partial charge < -0.3 is 92.3 Å². The van der Waals surface area contributed by atoms with E-state index in [0.29, 0.717) is 42.9 Å². The van der Waals surface area contributed by atoms with E-state index >= 15 is 0 Å². The van der Waals surface area contributed by atoms with Crippen LogP contribution >= 0.6 is 0 Å². The quantitative estimate of drug-likeness (QED) is 0.0170. The number of benzene rings is 2. The highest BCUT2D eigenvalue weighted by atomic mass is 32.2. The number of carbonyl (C=O) groups excluding carboxylic acids is 9. The van der Waals surface area contributed by atoms with E-state index in [0.717, 1.165) is 5.69 Å². The molecule has 0 unspecified atom stereocenters. The number of nitrogens with one attached hydrogen (secondary N) is 8. The van der Waals surface area contributed by atoms with Crippen LogP contribution in [-0.4, -0.2) is 192 Å². The van der Waals surface area contributed by atoms with Crippen molar-refractivity contribution in [3.8, 4) is 0 Å². The number of rotatable bonds is 39. The van der Waals surface area contributed by atoms with Crippen LogP contribution in [-0.2, 0) is 53.2 Å². The number of aliphatic hydroxyl groups is 1. The molecule has 0 bridgehead atoms. The maximum atomic E-state index is 14.5. The van der Waals surface area contributed by atoms with Crippen molar-refractivity contribution in [1.29, 1.82) is 0 Å². The summed E-state index contributed by atoms with van der Waals surface area (Å²) < 4.78 is 31.0. The molecule has 0 aliphatic carbocycles. The number of guanidine groups is 2. The van der Waals surface area contributed by atoms with Crippen LogP contribution in [0.1, 0.15) is 104 Å². The Bertz CT molecular complexity index is 2830.